The zero-order chi connectivity index (χ0) is 65.3. The number of unbranched alkanes of at least 4 members (excludes halogenated alkanes) is 27. The van der Waals surface area contributed by atoms with E-state index in [1.54, 1.807) is 6.08 Å². The molecule has 8 atom stereocenters. The third kappa shape index (κ3) is 51.3. The smallest absolute Gasteiger partial charge is 0.306 e. The van der Waals surface area contributed by atoms with Gasteiger partial charge in [0.05, 0.1) is 25.4 Å². The van der Waals surface area contributed by atoms with Crippen LogP contribution in [0.3, 0.4) is 0 Å². The van der Waals surface area contributed by atoms with E-state index in [0.717, 1.165) is 154 Å². The number of amides is 1. The number of esters is 1. The van der Waals surface area contributed by atoms with E-state index in [2.05, 4.69) is 148 Å². The zero-order valence-corrected chi connectivity index (χ0v) is 57.2. The predicted molar refractivity (Wildman–Crippen MR) is 379 cm³/mol. The standard InChI is InChI=1S/C79H133NO10/c1-4-7-10-13-16-19-22-25-27-29-31-33-35-37-39-41-43-45-47-49-52-55-58-61-64-67-74(84)90-77-76(86)75(85)73(68-81)89-79(77)88-69-70(71(82)65-62-59-56-53-50-24-21-18-15-12-9-6-3)80-78(87)72(83)66-63-60-57-54-51-48-46-44-42-40-38-36-34-32-30-28-26-23-20-17-14-11-8-5-2/h7,10,16-17,19-20,25-28,31-34,37-40,43,45,62,65,70-73,75-77,79,81-83,85-86H,4-6,8-9,11-15,18,21-24,29-30,35-36,41-42,44,46-61,63-64,66-69H2,1-3H3,(H,80,87)/b10-7-,19-16-,20-17-,27-25-,28-26-,33-31-,34-32-,39-37-,40-38-,45-43-,65-62+. The highest BCUT2D eigenvalue weighted by Gasteiger charge is 2.47. The fourth-order valence-electron chi connectivity index (χ4n) is 10.6. The van der Waals surface area contributed by atoms with E-state index in [-0.39, 0.29) is 19.4 Å². The second-order valence-corrected chi connectivity index (χ2v) is 24.6. The average Bonchev–Trinajstić information content (AvgIpc) is 1.18. The summed E-state index contributed by atoms with van der Waals surface area (Å²) in [4.78, 5) is 26.7. The van der Waals surface area contributed by atoms with Gasteiger partial charge in [-0.25, -0.2) is 0 Å². The first-order valence-corrected chi connectivity index (χ1v) is 36.5. The maximum Gasteiger partial charge on any atom is 0.306 e. The van der Waals surface area contributed by atoms with Crippen LogP contribution in [-0.2, 0) is 23.8 Å². The molecule has 1 heterocycles. The zero-order valence-electron chi connectivity index (χ0n) is 57.2. The average molecular weight is 1260 g/mol. The number of carbonyl (C=O) groups excluding carboxylic acids is 2. The van der Waals surface area contributed by atoms with Crippen molar-refractivity contribution in [2.24, 2.45) is 0 Å². The van der Waals surface area contributed by atoms with Gasteiger partial charge in [0, 0.05) is 6.42 Å². The molecule has 11 nitrogen and oxygen atoms in total. The van der Waals surface area contributed by atoms with Gasteiger partial charge in [-0.3, -0.25) is 9.59 Å². The summed E-state index contributed by atoms with van der Waals surface area (Å²) < 4.78 is 17.7. The van der Waals surface area contributed by atoms with E-state index in [9.17, 15) is 35.1 Å². The molecule has 0 radical (unpaired) electrons. The Balaban J connectivity index is 2.59. The predicted octanol–water partition coefficient (Wildman–Crippen LogP) is 19.1. The number of ether oxygens (including phenoxy) is 3. The van der Waals surface area contributed by atoms with Crippen LogP contribution in [0.1, 0.15) is 290 Å². The van der Waals surface area contributed by atoms with Crippen LogP contribution in [0.4, 0.5) is 0 Å². The minimum absolute atomic E-state index is 0.0982. The number of rotatable bonds is 61. The molecule has 6 N–H and O–H groups in total. The monoisotopic (exact) mass is 1260 g/mol. The summed E-state index contributed by atoms with van der Waals surface area (Å²) in [5.74, 6) is -1.22. The van der Waals surface area contributed by atoms with E-state index in [1.165, 1.54) is 89.9 Å². The normalized spacial score (nSPS) is 18.9. The topological polar surface area (TPSA) is 175 Å². The molecule has 90 heavy (non-hydrogen) atoms. The van der Waals surface area contributed by atoms with Gasteiger partial charge in [0.15, 0.2) is 12.4 Å². The number of aliphatic hydroxyl groups excluding tert-OH is 5. The number of hydrogen-bond acceptors (Lipinski definition) is 10. The quantitative estimate of drug-likeness (QED) is 0.0195. The summed E-state index contributed by atoms with van der Waals surface area (Å²) in [6.07, 6.45) is 81.9. The van der Waals surface area contributed by atoms with Crippen LogP contribution in [0.2, 0.25) is 0 Å². The van der Waals surface area contributed by atoms with Crippen LogP contribution in [0.15, 0.2) is 134 Å². The van der Waals surface area contributed by atoms with E-state index in [4.69, 9.17) is 14.2 Å². The van der Waals surface area contributed by atoms with Crippen LogP contribution in [0, 0.1) is 0 Å². The molecule has 514 valence electrons. The molecule has 1 fully saturated rings. The lowest BCUT2D eigenvalue weighted by atomic mass is 9.99. The van der Waals surface area contributed by atoms with Crippen LogP contribution < -0.4 is 5.32 Å². The fraction of sp³-hybridized carbons (Fsp3) is 0.696. The summed E-state index contributed by atoms with van der Waals surface area (Å²) in [6, 6.07) is -1.04. The molecule has 1 rings (SSSR count). The van der Waals surface area contributed by atoms with Gasteiger partial charge in [-0.1, -0.05) is 296 Å². The molecule has 0 aromatic rings. The Morgan fingerprint density at radius 2 is 0.800 bits per heavy atom. The summed E-state index contributed by atoms with van der Waals surface area (Å²) >= 11 is 0. The van der Waals surface area contributed by atoms with Crippen molar-refractivity contribution in [2.45, 2.75) is 339 Å². The summed E-state index contributed by atoms with van der Waals surface area (Å²) in [5.41, 5.74) is 0. The number of nitrogens with one attached hydrogen (secondary N) is 1. The second-order valence-electron chi connectivity index (χ2n) is 24.6. The molecular formula is C79H133NO10. The molecule has 0 saturated carbocycles. The lowest BCUT2D eigenvalue weighted by Crippen LogP contribution is -2.61. The van der Waals surface area contributed by atoms with Gasteiger partial charge in [-0.15, -0.1) is 0 Å². The highest BCUT2D eigenvalue weighted by molar-refractivity contribution is 5.80. The van der Waals surface area contributed by atoms with Crippen molar-refractivity contribution in [3.05, 3.63) is 134 Å². The first-order chi connectivity index (χ1) is 44.2. The van der Waals surface area contributed by atoms with Gasteiger partial charge >= 0.3 is 5.97 Å². The molecule has 1 saturated heterocycles. The first kappa shape index (κ1) is 83.8. The molecule has 0 bridgehead atoms. The van der Waals surface area contributed by atoms with Gasteiger partial charge in [-0.05, 0) is 122 Å². The van der Waals surface area contributed by atoms with E-state index >= 15 is 0 Å². The molecule has 1 amide bonds. The van der Waals surface area contributed by atoms with Crippen molar-refractivity contribution < 1.29 is 49.3 Å². The molecule has 0 spiro atoms. The van der Waals surface area contributed by atoms with E-state index in [1.807, 2.05) is 6.08 Å². The Kier molecular flexibility index (Phi) is 60.4. The Hall–Kier alpha value is -4.20. The van der Waals surface area contributed by atoms with Gasteiger partial charge < -0.3 is 45.1 Å². The SMILES string of the molecule is CC/C=C\C/C=C\C/C=C\C/C=C\C/C=C\C/C=C\CCCCCCCCC(=O)OC1C(OCC(NC(=O)C(O)CCCCCCCCCC/C=C\C/C=C\C/C=C\C/C=C\CCCCC)C(O)/C=C/CCCCCCCCCCCC)OC(CO)C(O)C1O. The van der Waals surface area contributed by atoms with Crippen molar-refractivity contribution in [1.29, 1.82) is 0 Å². The lowest BCUT2D eigenvalue weighted by molar-refractivity contribution is -0.305. The third-order valence-corrected chi connectivity index (χ3v) is 16.3. The Morgan fingerprint density at radius 1 is 0.444 bits per heavy atom. The Labute approximate surface area is 550 Å². The maximum atomic E-state index is 13.5. The minimum atomic E-state index is -1.63. The number of allylic oxidation sites excluding steroid dienone is 21. The van der Waals surface area contributed by atoms with Crippen molar-refractivity contribution in [1.82, 2.24) is 5.32 Å². The van der Waals surface area contributed by atoms with Crippen LogP contribution in [0.25, 0.3) is 0 Å². The highest BCUT2D eigenvalue weighted by atomic mass is 16.7. The minimum Gasteiger partial charge on any atom is -0.454 e. The van der Waals surface area contributed by atoms with Gasteiger partial charge in [0.2, 0.25) is 5.91 Å². The molecule has 1 aliphatic rings. The Morgan fingerprint density at radius 3 is 1.22 bits per heavy atom. The maximum absolute atomic E-state index is 13.5. The highest BCUT2D eigenvalue weighted by Crippen LogP contribution is 2.26. The van der Waals surface area contributed by atoms with E-state index < -0.39 is 67.4 Å². The lowest BCUT2D eigenvalue weighted by Gasteiger charge is -2.41. The molecular weight excluding hydrogens is 1120 g/mol. The van der Waals surface area contributed by atoms with Crippen molar-refractivity contribution in [3.63, 3.8) is 0 Å². The molecule has 0 aliphatic carbocycles. The van der Waals surface area contributed by atoms with Crippen molar-refractivity contribution >= 4 is 11.9 Å². The summed E-state index contributed by atoms with van der Waals surface area (Å²) in [7, 11) is 0. The summed E-state index contributed by atoms with van der Waals surface area (Å²) in [6.45, 7) is 5.65. The van der Waals surface area contributed by atoms with Gasteiger partial charge in [0.1, 0.15) is 24.4 Å². The molecule has 11 heteroatoms. The molecule has 8 unspecified atom stereocenters. The van der Waals surface area contributed by atoms with E-state index in [0.29, 0.717) is 12.8 Å². The molecule has 0 aromatic heterocycles. The van der Waals surface area contributed by atoms with Crippen molar-refractivity contribution in [2.75, 3.05) is 13.2 Å². The number of hydrogen-bond donors (Lipinski definition) is 6. The van der Waals surface area contributed by atoms with Crippen molar-refractivity contribution in [3.8, 4) is 0 Å². The molecule has 1 aliphatic heterocycles. The first-order valence-electron chi connectivity index (χ1n) is 36.5. The third-order valence-electron chi connectivity index (χ3n) is 16.3. The largest absolute Gasteiger partial charge is 0.454 e. The number of aliphatic hydroxyl groups is 5. The number of carbonyl (C=O) groups is 2. The van der Waals surface area contributed by atoms with Crippen LogP contribution >= 0.6 is 0 Å². The Bertz CT molecular complexity index is 1980. The summed E-state index contributed by atoms with van der Waals surface area (Å²) in [5, 5.41) is 57.3. The van der Waals surface area contributed by atoms with Gasteiger partial charge in [0.25, 0.3) is 0 Å². The molecule has 0 aromatic carbocycles. The van der Waals surface area contributed by atoms with Gasteiger partial charge in [-0.2, -0.15) is 0 Å². The fourth-order valence-corrected chi connectivity index (χ4v) is 10.6. The second kappa shape index (κ2) is 64.9. The van der Waals surface area contributed by atoms with Crippen LogP contribution in [0.5, 0.6) is 0 Å². The van der Waals surface area contributed by atoms with Crippen LogP contribution in [-0.4, -0.2) is 99.6 Å².